The molecule has 1 saturated heterocycles. The Bertz CT molecular complexity index is 474. The molecule has 0 saturated carbocycles. The SMILES string of the molecule is CN1C(=O)C(O)CC1c1cncc(C(=O)O)c1. The summed E-state index contributed by atoms with van der Waals surface area (Å²) in [5, 5.41) is 18.3. The molecule has 1 aromatic heterocycles. The molecule has 17 heavy (non-hydrogen) atoms. The van der Waals surface area contributed by atoms with Gasteiger partial charge in [0, 0.05) is 25.9 Å². The zero-order valence-electron chi connectivity index (χ0n) is 9.20. The van der Waals surface area contributed by atoms with Crippen molar-refractivity contribution in [3.63, 3.8) is 0 Å². The van der Waals surface area contributed by atoms with Crippen LogP contribution in [0.1, 0.15) is 28.4 Å². The van der Waals surface area contributed by atoms with Gasteiger partial charge in [-0.25, -0.2) is 4.79 Å². The second kappa shape index (κ2) is 4.14. The minimum absolute atomic E-state index is 0.0738. The number of rotatable bonds is 2. The standard InChI is InChI=1S/C11H12N2O4/c1-13-8(3-9(14)10(13)15)6-2-7(11(16)17)5-12-4-6/h2,4-5,8-9,14H,3H2,1H3,(H,16,17). The fourth-order valence-corrected chi connectivity index (χ4v) is 1.98. The van der Waals surface area contributed by atoms with Crippen LogP contribution in [0.2, 0.25) is 0 Å². The molecule has 2 rings (SSSR count). The van der Waals surface area contributed by atoms with E-state index in [1.807, 2.05) is 0 Å². The number of aromatic carboxylic acids is 1. The van der Waals surface area contributed by atoms with E-state index in [0.717, 1.165) is 0 Å². The Morgan fingerprint density at radius 3 is 2.76 bits per heavy atom. The summed E-state index contributed by atoms with van der Waals surface area (Å²) in [6.45, 7) is 0. The lowest BCUT2D eigenvalue weighted by atomic mass is 10.0. The largest absolute Gasteiger partial charge is 0.478 e. The Morgan fingerprint density at radius 2 is 2.24 bits per heavy atom. The number of carboxylic acids is 1. The van der Waals surface area contributed by atoms with Crippen LogP contribution in [0.25, 0.3) is 0 Å². The van der Waals surface area contributed by atoms with Crippen LogP contribution in [0.3, 0.4) is 0 Å². The Kier molecular flexibility index (Phi) is 2.81. The molecular weight excluding hydrogens is 224 g/mol. The van der Waals surface area contributed by atoms with Crippen molar-refractivity contribution in [1.29, 1.82) is 0 Å². The minimum Gasteiger partial charge on any atom is -0.478 e. The molecule has 1 aliphatic heterocycles. The Labute approximate surface area is 97.5 Å². The summed E-state index contributed by atoms with van der Waals surface area (Å²) < 4.78 is 0. The lowest BCUT2D eigenvalue weighted by molar-refractivity contribution is -0.134. The van der Waals surface area contributed by atoms with E-state index in [-0.39, 0.29) is 23.9 Å². The normalized spacial score (nSPS) is 24.1. The highest BCUT2D eigenvalue weighted by Gasteiger charge is 2.36. The molecule has 0 bridgehead atoms. The van der Waals surface area contributed by atoms with Crippen LogP contribution in [0.5, 0.6) is 0 Å². The molecule has 1 aromatic rings. The Balaban J connectivity index is 2.32. The first kappa shape index (κ1) is 11.5. The molecule has 2 heterocycles. The molecule has 2 N–H and O–H groups in total. The van der Waals surface area contributed by atoms with E-state index in [2.05, 4.69) is 4.98 Å². The number of likely N-dealkylation sites (tertiary alicyclic amines) is 1. The van der Waals surface area contributed by atoms with E-state index in [9.17, 15) is 14.7 Å². The van der Waals surface area contributed by atoms with Crippen LogP contribution in [0.15, 0.2) is 18.5 Å². The summed E-state index contributed by atoms with van der Waals surface area (Å²) in [5.74, 6) is -1.41. The number of hydrogen-bond acceptors (Lipinski definition) is 4. The van der Waals surface area contributed by atoms with Crippen LogP contribution in [0.4, 0.5) is 0 Å². The van der Waals surface area contributed by atoms with Gasteiger partial charge >= 0.3 is 5.97 Å². The number of hydrogen-bond donors (Lipinski definition) is 2. The first-order chi connectivity index (χ1) is 8.00. The highest BCUT2D eigenvalue weighted by Crippen LogP contribution is 2.31. The fourth-order valence-electron chi connectivity index (χ4n) is 1.98. The van der Waals surface area contributed by atoms with Gasteiger partial charge in [0.15, 0.2) is 0 Å². The summed E-state index contributed by atoms with van der Waals surface area (Å²) in [6.07, 6.45) is 2.01. The van der Waals surface area contributed by atoms with Crippen LogP contribution >= 0.6 is 0 Å². The van der Waals surface area contributed by atoms with Crippen LogP contribution in [-0.4, -0.2) is 45.1 Å². The molecule has 0 spiro atoms. The average Bonchev–Trinajstić information content (AvgIpc) is 2.57. The third-order valence-corrected chi connectivity index (χ3v) is 2.94. The maximum Gasteiger partial charge on any atom is 0.337 e. The van der Waals surface area contributed by atoms with Gasteiger partial charge in [0.2, 0.25) is 0 Å². The van der Waals surface area contributed by atoms with E-state index in [1.165, 1.54) is 23.4 Å². The first-order valence-electron chi connectivity index (χ1n) is 5.13. The number of nitrogens with zero attached hydrogens (tertiary/aromatic N) is 2. The van der Waals surface area contributed by atoms with Crippen molar-refractivity contribution in [2.45, 2.75) is 18.6 Å². The van der Waals surface area contributed by atoms with Gasteiger partial charge in [0.05, 0.1) is 11.6 Å². The number of likely N-dealkylation sites (N-methyl/N-ethyl adjacent to an activating group) is 1. The maximum absolute atomic E-state index is 11.4. The number of aromatic nitrogens is 1. The first-order valence-corrected chi connectivity index (χ1v) is 5.13. The van der Waals surface area contributed by atoms with Crippen LogP contribution in [0, 0.1) is 0 Å². The van der Waals surface area contributed by atoms with E-state index in [1.54, 1.807) is 7.05 Å². The molecule has 6 nitrogen and oxygen atoms in total. The van der Waals surface area contributed by atoms with Gasteiger partial charge < -0.3 is 15.1 Å². The smallest absolute Gasteiger partial charge is 0.337 e. The van der Waals surface area contributed by atoms with Gasteiger partial charge in [0.25, 0.3) is 5.91 Å². The number of pyridine rings is 1. The van der Waals surface area contributed by atoms with E-state index in [0.29, 0.717) is 5.56 Å². The van der Waals surface area contributed by atoms with Crippen LogP contribution in [-0.2, 0) is 4.79 Å². The molecule has 6 heteroatoms. The van der Waals surface area contributed by atoms with E-state index in [4.69, 9.17) is 5.11 Å². The molecule has 2 unspecified atom stereocenters. The minimum atomic E-state index is -1.06. The lowest BCUT2D eigenvalue weighted by Crippen LogP contribution is -2.26. The van der Waals surface area contributed by atoms with Crippen LogP contribution < -0.4 is 0 Å². The summed E-state index contributed by atoms with van der Waals surface area (Å²) >= 11 is 0. The van der Waals surface area contributed by atoms with Crippen molar-refractivity contribution < 1.29 is 19.8 Å². The highest BCUT2D eigenvalue weighted by molar-refractivity contribution is 5.87. The zero-order valence-corrected chi connectivity index (χ0v) is 9.20. The molecule has 1 amide bonds. The third kappa shape index (κ3) is 1.99. The van der Waals surface area contributed by atoms with Crippen molar-refractivity contribution in [3.05, 3.63) is 29.6 Å². The molecule has 1 aliphatic rings. The molecule has 90 valence electrons. The third-order valence-electron chi connectivity index (χ3n) is 2.94. The van der Waals surface area contributed by atoms with Crippen molar-refractivity contribution in [1.82, 2.24) is 9.88 Å². The predicted molar refractivity (Wildman–Crippen MR) is 57.3 cm³/mol. The predicted octanol–water partition coefficient (Wildman–Crippen LogP) is 0.0439. The van der Waals surface area contributed by atoms with Crippen molar-refractivity contribution in [3.8, 4) is 0 Å². The van der Waals surface area contributed by atoms with Crippen molar-refractivity contribution >= 4 is 11.9 Å². The number of amides is 1. The van der Waals surface area contributed by atoms with E-state index >= 15 is 0 Å². The lowest BCUT2D eigenvalue weighted by Gasteiger charge is -2.19. The maximum atomic E-state index is 11.4. The Hall–Kier alpha value is -1.95. The van der Waals surface area contributed by atoms with Gasteiger partial charge in [0.1, 0.15) is 6.10 Å². The number of carboxylic acid groups (broad SMARTS) is 1. The van der Waals surface area contributed by atoms with Crippen molar-refractivity contribution in [2.75, 3.05) is 7.05 Å². The summed E-state index contributed by atoms with van der Waals surface area (Å²) in [7, 11) is 1.58. The quantitative estimate of drug-likeness (QED) is 0.756. The zero-order chi connectivity index (χ0) is 12.6. The molecule has 0 aliphatic carbocycles. The summed E-state index contributed by atoms with van der Waals surface area (Å²) in [5.41, 5.74) is 0.696. The van der Waals surface area contributed by atoms with E-state index < -0.39 is 12.1 Å². The molecular formula is C11H12N2O4. The van der Waals surface area contributed by atoms with Crippen molar-refractivity contribution in [2.24, 2.45) is 0 Å². The van der Waals surface area contributed by atoms with Gasteiger partial charge in [-0.1, -0.05) is 0 Å². The number of aliphatic hydroxyl groups is 1. The average molecular weight is 236 g/mol. The van der Waals surface area contributed by atoms with Gasteiger partial charge in [-0.05, 0) is 11.6 Å². The highest BCUT2D eigenvalue weighted by atomic mass is 16.4. The number of aliphatic hydroxyl groups excluding tert-OH is 1. The summed E-state index contributed by atoms with van der Waals surface area (Å²) in [4.78, 5) is 27.5. The van der Waals surface area contributed by atoms with Gasteiger partial charge in [-0.3, -0.25) is 9.78 Å². The molecule has 1 fully saturated rings. The molecule has 0 radical (unpaired) electrons. The second-order valence-corrected chi connectivity index (χ2v) is 4.03. The molecule has 2 atom stereocenters. The summed E-state index contributed by atoms with van der Waals surface area (Å²) in [6, 6.07) is 1.16. The number of carbonyl (C=O) groups is 2. The van der Waals surface area contributed by atoms with Gasteiger partial charge in [-0.15, -0.1) is 0 Å². The second-order valence-electron chi connectivity index (χ2n) is 4.03. The fraction of sp³-hybridized carbons (Fsp3) is 0.364. The topological polar surface area (TPSA) is 90.7 Å². The Morgan fingerprint density at radius 1 is 1.53 bits per heavy atom. The molecule has 0 aromatic carbocycles. The van der Waals surface area contributed by atoms with Gasteiger partial charge in [-0.2, -0.15) is 0 Å². The monoisotopic (exact) mass is 236 g/mol. The number of carbonyl (C=O) groups excluding carboxylic acids is 1.